The van der Waals surface area contributed by atoms with E-state index in [1.807, 2.05) is 0 Å². The van der Waals surface area contributed by atoms with Gasteiger partial charge in [0.15, 0.2) is 0 Å². The molecule has 2 heterocycles. The summed E-state index contributed by atoms with van der Waals surface area (Å²) in [6, 6.07) is 2.94. The van der Waals surface area contributed by atoms with E-state index in [0.29, 0.717) is 12.4 Å². The first kappa shape index (κ1) is 15.2. The van der Waals surface area contributed by atoms with E-state index in [0.717, 1.165) is 32.7 Å². The monoisotopic (exact) mass is 299 g/mol. The van der Waals surface area contributed by atoms with Crippen molar-refractivity contribution in [1.29, 1.82) is 0 Å². The first-order chi connectivity index (χ1) is 9.47. The van der Waals surface area contributed by atoms with E-state index in [4.69, 9.17) is 5.73 Å². The summed E-state index contributed by atoms with van der Waals surface area (Å²) in [6.07, 6.45) is 1.27. The summed E-state index contributed by atoms with van der Waals surface area (Å²) >= 11 is 0. The topological polar surface area (TPSA) is 91.6 Å². The predicted molar refractivity (Wildman–Crippen MR) is 77.8 cm³/mol. The standard InChI is InChI=1S/C12H21N5O2S/c1-16-6-8-17(9-7-16)5-4-15-20(18,19)11-2-3-12(13)14-10-11/h2-3,10,15H,4-9H2,1H3,(H2,13,14). The van der Waals surface area contributed by atoms with Gasteiger partial charge in [0, 0.05) is 45.5 Å². The van der Waals surface area contributed by atoms with Gasteiger partial charge < -0.3 is 10.6 Å². The fourth-order valence-corrected chi connectivity index (χ4v) is 3.01. The highest BCUT2D eigenvalue weighted by atomic mass is 32.2. The van der Waals surface area contributed by atoms with Crippen LogP contribution in [0.15, 0.2) is 23.2 Å². The molecule has 1 aliphatic rings. The highest BCUT2D eigenvalue weighted by molar-refractivity contribution is 7.89. The number of nitrogen functional groups attached to an aromatic ring is 1. The SMILES string of the molecule is CN1CCN(CCNS(=O)(=O)c2ccc(N)nc2)CC1. The molecule has 0 radical (unpaired) electrons. The Hall–Kier alpha value is -1.22. The molecule has 2 rings (SSSR count). The Labute approximate surface area is 119 Å². The summed E-state index contributed by atoms with van der Waals surface area (Å²) in [6.45, 7) is 5.11. The summed E-state index contributed by atoms with van der Waals surface area (Å²) in [5, 5.41) is 0. The van der Waals surface area contributed by atoms with Crippen LogP contribution in [0.25, 0.3) is 0 Å². The zero-order chi connectivity index (χ0) is 14.6. The molecule has 1 fully saturated rings. The van der Waals surface area contributed by atoms with Crippen LogP contribution in [0.4, 0.5) is 5.82 Å². The predicted octanol–water partition coefficient (Wildman–Crippen LogP) is -0.810. The normalized spacial score (nSPS) is 18.2. The Morgan fingerprint density at radius 3 is 2.60 bits per heavy atom. The van der Waals surface area contributed by atoms with Crippen LogP contribution in [0, 0.1) is 0 Å². The van der Waals surface area contributed by atoms with Gasteiger partial charge in [-0.3, -0.25) is 4.90 Å². The summed E-state index contributed by atoms with van der Waals surface area (Å²) in [5.41, 5.74) is 5.44. The van der Waals surface area contributed by atoms with E-state index < -0.39 is 10.0 Å². The number of hydrogen-bond donors (Lipinski definition) is 2. The molecule has 0 aromatic carbocycles. The minimum Gasteiger partial charge on any atom is -0.384 e. The van der Waals surface area contributed by atoms with Crippen LogP contribution >= 0.6 is 0 Å². The molecule has 0 saturated carbocycles. The second kappa shape index (κ2) is 6.49. The van der Waals surface area contributed by atoms with Crippen LogP contribution in [0.5, 0.6) is 0 Å². The molecule has 112 valence electrons. The van der Waals surface area contributed by atoms with Crippen LogP contribution in [-0.4, -0.2) is 69.5 Å². The van der Waals surface area contributed by atoms with E-state index in [2.05, 4.69) is 26.6 Å². The lowest BCUT2D eigenvalue weighted by molar-refractivity contribution is 0.156. The maximum atomic E-state index is 12.0. The highest BCUT2D eigenvalue weighted by Gasteiger charge is 2.16. The number of anilines is 1. The summed E-state index contributed by atoms with van der Waals surface area (Å²) < 4.78 is 26.6. The number of piperazine rings is 1. The lowest BCUT2D eigenvalue weighted by Crippen LogP contribution is -2.46. The first-order valence-corrected chi connectivity index (χ1v) is 8.08. The van der Waals surface area contributed by atoms with Crippen molar-refractivity contribution in [3.63, 3.8) is 0 Å². The molecule has 8 heteroatoms. The third kappa shape index (κ3) is 4.14. The fraction of sp³-hybridized carbons (Fsp3) is 0.583. The molecule has 0 bridgehead atoms. The molecule has 1 aliphatic heterocycles. The number of nitrogens with zero attached hydrogens (tertiary/aromatic N) is 3. The van der Waals surface area contributed by atoms with Crippen molar-refractivity contribution in [2.24, 2.45) is 0 Å². The molecule has 0 atom stereocenters. The quantitative estimate of drug-likeness (QED) is 0.739. The van der Waals surface area contributed by atoms with Crippen LogP contribution in [0.1, 0.15) is 0 Å². The molecule has 3 N–H and O–H groups in total. The average Bonchev–Trinajstić information content (AvgIpc) is 2.41. The zero-order valence-electron chi connectivity index (χ0n) is 11.6. The summed E-state index contributed by atoms with van der Waals surface area (Å²) in [4.78, 5) is 8.46. The molecule has 0 spiro atoms. The summed E-state index contributed by atoms with van der Waals surface area (Å²) in [5.74, 6) is 0.307. The molecule has 7 nitrogen and oxygen atoms in total. The number of nitrogens with two attached hydrogens (primary N) is 1. The lowest BCUT2D eigenvalue weighted by Gasteiger charge is -2.32. The first-order valence-electron chi connectivity index (χ1n) is 6.59. The van der Waals surface area contributed by atoms with Crippen molar-refractivity contribution in [3.05, 3.63) is 18.3 Å². The van der Waals surface area contributed by atoms with Gasteiger partial charge in [0.1, 0.15) is 10.7 Å². The van der Waals surface area contributed by atoms with Gasteiger partial charge in [-0.05, 0) is 19.2 Å². The van der Waals surface area contributed by atoms with Gasteiger partial charge in [0.2, 0.25) is 10.0 Å². The smallest absolute Gasteiger partial charge is 0.242 e. The van der Waals surface area contributed by atoms with E-state index in [1.54, 1.807) is 0 Å². The highest BCUT2D eigenvalue weighted by Crippen LogP contribution is 2.08. The van der Waals surface area contributed by atoms with Crippen molar-refractivity contribution >= 4 is 15.8 Å². The maximum absolute atomic E-state index is 12.0. The Balaban J connectivity index is 1.82. The van der Waals surface area contributed by atoms with Crippen LogP contribution in [0.3, 0.4) is 0 Å². The average molecular weight is 299 g/mol. The van der Waals surface area contributed by atoms with Gasteiger partial charge in [0.05, 0.1) is 0 Å². The second-order valence-corrected chi connectivity index (χ2v) is 6.73. The third-order valence-electron chi connectivity index (χ3n) is 3.39. The number of hydrogen-bond acceptors (Lipinski definition) is 6. The fourth-order valence-electron chi connectivity index (χ4n) is 2.04. The molecule has 1 aromatic heterocycles. The van der Waals surface area contributed by atoms with Crippen LogP contribution in [-0.2, 0) is 10.0 Å². The molecule has 0 unspecified atom stereocenters. The number of likely N-dealkylation sites (N-methyl/N-ethyl adjacent to an activating group) is 1. The van der Waals surface area contributed by atoms with Crippen molar-refractivity contribution < 1.29 is 8.42 Å². The maximum Gasteiger partial charge on any atom is 0.242 e. The van der Waals surface area contributed by atoms with Crippen LogP contribution in [0.2, 0.25) is 0 Å². The number of aromatic nitrogens is 1. The second-order valence-electron chi connectivity index (χ2n) is 4.96. The summed E-state index contributed by atoms with van der Waals surface area (Å²) in [7, 11) is -1.40. The van der Waals surface area contributed by atoms with Crippen molar-refractivity contribution in [3.8, 4) is 0 Å². The van der Waals surface area contributed by atoms with Gasteiger partial charge in [-0.2, -0.15) is 0 Å². The molecular formula is C12H21N5O2S. The number of sulfonamides is 1. The zero-order valence-corrected chi connectivity index (χ0v) is 12.4. The van der Waals surface area contributed by atoms with E-state index in [1.165, 1.54) is 18.3 Å². The molecule has 20 heavy (non-hydrogen) atoms. The van der Waals surface area contributed by atoms with Crippen molar-refractivity contribution in [2.45, 2.75) is 4.90 Å². The number of rotatable bonds is 5. The Morgan fingerprint density at radius 2 is 2.00 bits per heavy atom. The van der Waals surface area contributed by atoms with E-state index in [9.17, 15) is 8.42 Å². The molecule has 0 aliphatic carbocycles. The third-order valence-corrected chi connectivity index (χ3v) is 4.83. The van der Waals surface area contributed by atoms with Crippen molar-refractivity contribution in [2.75, 3.05) is 52.0 Å². The molecular weight excluding hydrogens is 278 g/mol. The van der Waals surface area contributed by atoms with Gasteiger partial charge in [-0.1, -0.05) is 0 Å². The molecule has 1 saturated heterocycles. The van der Waals surface area contributed by atoms with E-state index in [-0.39, 0.29) is 4.90 Å². The Bertz CT molecular complexity index is 523. The minimum absolute atomic E-state index is 0.144. The van der Waals surface area contributed by atoms with E-state index >= 15 is 0 Å². The van der Waals surface area contributed by atoms with Crippen molar-refractivity contribution in [1.82, 2.24) is 19.5 Å². The van der Waals surface area contributed by atoms with Gasteiger partial charge >= 0.3 is 0 Å². The van der Waals surface area contributed by atoms with Crippen LogP contribution < -0.4 is 10.5 Å². The minimum atomic E-state index is -3.49. The lowest BCUT2D eigenvalue weighted by atomic mass is 10.3. The molecule has 0 amide bonds. The largest absolute Gasteiger partial charge is 0.384 e. The van der Waals surface area contributed by atoms with Gasteiger partial charge in [-0.15, -0.1) is 0 Å². The van der Waals surface area contributed by atoms with Gasteiger partial charge in [0.25, 0.3) is 0 Å². The Kier molecular flexibility index (Phi) is 4.92. The number of pyridine rings is 1. The number of nitrogens with one attached hydrogen (secondary N) is 1. The van der Waals surface area contributed by atoms with Gasteiger partial charge in [-0.25, -0.2) is 18.1 Å². The molecule has 1 aromatic rings. The Morgan fingerprint density at radius 1 is 1.30 bits per heavy atom.